The Morgan fingerprint density at radius 2 is 1.65 bits per heavy atom. The van der Waals surface area contributed by atoms with Crippen LogP contribution in [0.2, 0.25) is 0 Å². The van der Waals surface area contributed by atoms with Crippen molar-refractivity contribution in [1.82, 2.24) is 0 Å². The summed E-state index contributed by atoms with van der Waals surface area (Å²) in [7, 11) is 2.42. The van der Waals surface area contributed by atoms with Gasteiger partial charge in [0.05, 0.1) is 30.9 Å². The van der Waals surface area contributed by atoms with Gasteiger partial charge in [-0.25, -0.2) is 9.59 Å². The minimum Gasteiger partial charge on any atom is -0.483 e. The second-order valence-corrected chi connectivity index (χ2v) is 7.32. The van der Waals surface area contributed by atoms with Gasteiger partial charge in [-0.1, -0.05) is 13.0 Å². The smallest absolute Gasteiger partial charge is 0.337 e. The molecule has 8 nitrogen and oxygen atoms in total. The highest BCUT2D eigenvalue weighted by molar-refractivity contribution is 6.04. The van der Waals surface area contributed by atoms with Crippen LogP contribution in [0.15, 0.2) is 30.3 Å². The van der Waals surface area contributed by atoms with Gasteiger partial charge < -0.3 is 19.5 Å². The predicted molar refractivity (Wildman–Crippen MR) is 112 cm³/mol. The summed E-state index contributed by atoms with van der Waals surface area (Å²) in [5, 5.41) is 2.59. The van der Waals surface area contributed by atoms with Crippen LogP contribution in [0.5, 0.6) is 5.75 Å². The molecule has 0 saturated carbocycles. The van der Waals surface area contributed by atoms with Crippen molar-refractivity contribution in [2.45, 2.75) is 26.2 Å². The molecule has 1 atom stereocenters. The van der Waals surface area contributed by atoms with Crippen molar-refractivity contribution in [3.8, 4) is 5.75 Å². The third-order valence-corrected chi connectivity index (χ3v) is 5.11. The number of hydrogen-bond donors (Lipinski definition) is 1. The highest BCUT2D eigenvalue weighted by Crippen LogP contribution is 2.40. The number of fused-ring (bicyclic) bond motifs is 1. The lowest BCUT2D eigenvalue weighted by Gasteiger charge is -2.14. The van der Waals surface area contributed by atoms with E-state index in [1.807, 2.05) is 19.9 Å². The number of nitrogens with one attached hydrogen (secondary N) is 1. The van der Waals surface area contributed by atoms with Crippen molar-refractivity contribution in [1.29, 1.82) is 0 Å². The Hall–Kier alpha value is -3.68. The average Bonchev–Trinajstić information content (AvgIpc) is 3.06. The maximum Gasteiger partial charge on any atom is 0.337 e. The van der Waals surface area contributed by atoms with Crippen molar-refractivity contribution >= 4 is 29.3 Å². The van der Waals surface area contributed by atoms with E-state index in [1.165, 1.54) is 32.4 Å². The number of amides is 1. The Morgan fingerprint density at radius 3 is 2.23 bits per heavy atom. The summed E-state index contributed by atoms with van der Waals surface area (Å²) >= 11 is 0. The number of carbonyl (C=O) groups excluding carboxylic acids is 4. The zero-order valence-corrected chi connectivity index (χ0v) is 17.7. The number of Topliss-reactive ketones (excluding diaryl/α,β-unsaturated/α-hetero) is 1. The van der Waals surface area contributed by atoms with E-state index in [0.717, 1.165) is 11.1 Å². The maximum absolute atomic E-state index is 12.4. The molecule has 1 aliphatic rings. The second-order valence-electron chi connectivity index (χ2n) is 7.32. The van der Waals surface area contributed by atoms with Crippen LogP contribution in [-0.2, 0) is 14.3 Å². The van der Waals surface area contributed by atoms with Crippen molar-refractivity contribution in [2.24, 2.45) is 0 Å². The Kier molecular flexibility index (Phi) is 6.39. The number of aryl methyl sites for hydroxylation is 1. The first-order valence-corrected chi connectivity index (χ1v) is 9.66. The van der Waals surface area contributed by atoms with Crippen molar-refractivity contribution in [3.05, 3.63) is 58.1 Å². The van der Waals surface area contributed by atoms with Gasteiger partial charge in [-0.3, -0.25) is 9.59 Å². The lowest BCUT2D eigenvalue weighted by molar-refractivity contribution is -0.118. The second kappa shape index (κ2) is 8.99. The van der Waals surface area contributed by atoms with Crippen LogP contribution >= 0.6 is 0 Å². The molecular weight excluding hydrogens is 402 g/mol. The van der Waals surface area contributed by atoms with Gasteiger partial charge in [0.1, 0.15) is 5.75 Å². The molecule has 0 aliphatic heterocycles. The van der Waals surface area contributed by atoms with E-state index >= 15 is 0 Å². The minimum atomic E-state index is -0.666. The van der Waals surface area contributed by atoms with Crippen molar-refractivity contribution in [2.75, 3.05) is 26.1 Å². The molecule has 0 spiro atoms. The molecule has 31 heavy (non-hydrogen) atoms. The van der Waals surface area contributed by atoms with Gasteiger partial charge in [-0.2, -0.15) is 0 Å². The fraction of sp³-hybridized carbons (Fsp3) is 0.304. The number of hydrogen-bond acceptors (Lipinski definition) is 7. The Morgan fingerprint density at radius 1 is 1.03 bits per heavy atom. The fourth-order valence-corrected chi connectivity index (χ4v) is 3.74. The van der Waals surface area contributed by atoms with Gasteiger partial charge in [0.2, 0.25) is 0 Å². The van der Waals surface area contributed by atoms with Crippen LogP contribution in [0, 0.1) is 6.92 Å². The van der Waals surface area contributed by atoms with E-state index in [-0.39, 0.29) is 35.1 Å². The van der Waals surface area contributed by atoms with Crippen LogP contribution in [0.1, 0.15) is 61.5 Å². The number of esters is 2. The summed E-state index contributed by atoms with van der Waals surface area (Å²) in [4.78, 5) is 48.6. The monoisotopic (exact) mass is 425 g/mol. The molecule has 8 heteroatoms. The van der Waals surface area contributed by atoms with Crippen LogP contribution in [-0.4, -0.2) is 44.5 Å². The largest absolute Gasteiger partial charge is 0.483 e. The summed E-state index contributed by atoms with van der Waals surface area (Å²) < 4.78 is 15.0. The SMILES string of the molecule is COC(=O)c1cc(NC(=O)COc2ccc(C)c3c2C(=O)CC3C)cc(C(=O)OC)c1. The van der Waals surface area contributed by atoms with Gasteiger partial charge in [-0.15, -0.1) is 0 Å². The first kappa shape index (κ1) is 22.0. The molecule has 1 N–H and O–H groups in total. The molecule has 1 amide bonds. The number of anilines is 1. The van der Waals surface area contributed by atoms with Gasteiger partial charge in [0, 0.05) is 12.1 Å². The molecule has 2 aromatic rings. The van der Waals surface area contributed by atoms with E-state index < -0.39 is 17.8 Å². The number of ether oxygens (including phenoxy) is 3. The fourth-order valence-electron chi connectivity index (χ4n) is 3.74. The zero-order chi connectivity index (χ0) is 22.7. The van der Waals surface area contributed by atoms with Gasteiger partial charge in [0.25, 0.3) is 5.91 Å². The summed E-state index contributed by atoms with van der Waals surface area (Å²) in [5.41, 5.74) is 2.86. The standard InChI is InChI=1S/C23H23NO7/c1-12-5-6-18(21-17(25)7-13(2)20(12)21)31-11-19(26)24-16-9-14(22(27)29-3)8-15(10-16)23(28)30-4/h5-6,8-10,13H,7,11H2,1-4H3,(H,24,26). The summed E-state index contributed by atoms with van der Waals surface area (Å²) in [5.74, 6) is -1.39. The summed E-state index contributed by atoms with van der Waals surface area (Å²) in [6.07, 6.45) is 0.416. The quantitative estimate of drug-likeness (QED) is 0.708. The van der Waals surface area contributed by atoms with E-state index in [9.17, 15) is 19.2 Å². The van der Waals surface area contributed by atoms with Crippen LogP contribution in [0.4, 0.5) is 5.69 Å². The molecule has 0 fully saturated rings. The van der Waals surface area contributed by atoms with E-state index in [4.69, 9.17) is 4.74 Å². The highest BCUT2D eigenvalue weighted by atomic mass is 16.5. The molecule has 1 aliphatic carbocycles. The Balaban J connectivity index is 1.77. The maximum atomic E-state index is 12.4. The lowest BCUT2D eigenvalue weighted by atomic mass is 9.97. The predicted octanol–water partition coefficient (Wildman–Crippen LogP) is 3.28. The molecule has 0 saturated heterocycles. The van der Waals surface area contributed by atoms with Crippen LogP contribution < -0.4 is 10.1 Å². The average molecular weight is 425 g/mol. The van der Waals surface area contributed by atoms with Crippen LogP contribution in [0.3, 0.4) is 0 Å². The Bertz CT molecular complexity index is 1040. The number of benzene rings is 2. The summed E-state index contributed by atoms with van der Waals surface area (Å²) in [6, 6.07) is 7.62. The molecular formula is C23H23NO7. The minimum absolute atomic E-state index is 0.00453. The summed E-state index contributed by atoms with van der Waals surface area (Å²) in [6.45, 7) is 3.57. The number of carbonyl (C=O) groups is 4. The Labute approximate surface area is 179 Å². The van der Waals surface area contributed by atoms with E-state index in [1.54, 1.807) is 6.07 Å². The molecule has 1 unspecified atom stereocenters. The molecule has 0 heterocycles. The van der Waals surface area contributed by atoms with Gasteiger partial charge >= 0.3 is 11.9 Å². The molecule has 0 aromatic heterocycles. The topological polar surface area (TPSA) is 108 Å². The molecule has 3 rings (SSSR count). The first-order chi connectivity index (χ1) is 14.7. The van der Waals surface area contributed by atoms with Crippen LogP contribution in [0.25, 0.3) is 0 Å². The molecule has 0 radical (unpaired) electrons. The number of methoxy groups -OCH3 is 2. The zero-order valence-electron chi connectivity index (χ0n) is 17.7. The van der Waals surface area contributed by atoms with E-state index in [2.05, 4.69) is 14.8 Å². The van der Waals surface area contributed by atoms with E-state index in [0.29, 0.717) is 17.7 Å². The molecule has 0 bridgehead atoms. The van der Waals surface area contributed by atoms with Gasteiger partial charge in [-0.05, 0) is 48.2 Å². The highest BCUT2D eigenvalue weighted by Gasteiger charge is 2.31. The number of rotatable bonds is 6. The van der Waals surface area contributed by atoms with Gasteiger partial charge in [0.15, 0.2) is 12.4 Å². The molecule has 162 valence electrons. The first-order valence-electron chi connectivity index (χ1n) is 9.66. The number of ketones is 1. The van der Waals surface area contributed by atoms with Crippen molar-refractivity contribution in [3.63, 3.8) is 0 Å². The van der Waals surface area contributed by atoms with Crippen molar-refractivity contribution < 1.29 is 33.4 Å². The molecule has 2 aromatic carbocycles. The lowest BCUT2D eigenvalue weighted by Crippen LogP contribution is -2.21. The normalized spacial score (nSPS) is 14.6. The third kappa shape index (κ3) is 4.58. The third-order valence-electron chi connectivity index (χ3n) is 5.11.